The Bertz CT molecular complexity index is 1830. The highest BCUT2D eigenvalue weighted by atomic mass is 19.1. The molecule has 1 amide bonds. The van der Waals surface area contributed by atoms with Gasteiger partial charge in [0.2, 0.25) is 0 Å². The zero-order chi connectivity index (χ0) is 26.8. The van der Waals surface area contributed by atoms with Crippen molar-refractivity contribution in [3.63, 3.8) is 0 Å². The third-order valence-electron chi connectivity index (χ3n) is 6.09. The minimum absolute atomic E-state index is 0.0196. The van der Waals surface area contributed by atoms with Crippen LogP contribution in [0.25, 0.3) is 33.7 Å². The van der Waals surface area contributed by atoms with Gasteiger partial charge in [0.15, 0.2) is 5.65 Å². The summed E-state index contributed by atoms with van der Waals surface area (Å²) in [6, 6.07) is 20.7. The SMILES string of the molecule is Cc1cccc(-c2ccccc2C(=O)Nc2cc(Nc3ncccc3-c3ncnc4[nH]cnc34)ccc2F)n1. The number of H-pyrrole nitrogens is 1. The number of aromatic amines is 1. The molecule has 10 heteroatoms. The maximum Gasteiger partial charge on any atom is 0.256 e. The number of pyridine rings is 2. The van der Waals surface area contributed by atoms with Gasteiger partial charge in [-0.2, -0.15) is 0 Å². The Balaban J connectivity index is 1.30. The van der Waals surface area contributed by atoms with Crippen LogP contribution in [0.4, 0.5) is 21.6 Å². The fraction of sp³-hybridized carbons (Fsp3) is 0.0345. The van der Waals surface area contributed by atoms with Gasteiger partial charge < -0.3 is 15.6 Å². The van der Waals surface area contributed by atoms with E-state index in [2.05, 4.69) is 40.5 Å². The van der Waals surface area contributed by atoms with Crippen LogP contribution >= 0.6 is 0 Å². The highest BCUT2D eigenvalue weighted by Crippen LogP contribution is 2.32. The number of carbonyl (C=O) groups is 1. The largest absolute Gasteiger partial charge is 0.340 e. The minimum atomic E-state index is -0.574. The molecule has 0 bridgehead atoms. The van der Waals surface area contributed by atoms with Crippen LogP contribution in [-0.2, 0) is 0 Å². The van der Waals surface area contributed by atoms with Crippen LogP contribution < -0.4 is 10.6 Å². The van der Waals surface area contributed by atoms with E-state index in [9.17, 15) is 9.18 Å². The average Bonchev–Trinajstić information content (AvgIpc) is 3.45. The zero-order valence-corrected chi connectivity index (χ0v) is 20.7. The van der Waals surface area contributed by atoms with E-state index in [4.69, 9.17) is 0 Å². The molecule has 9 nitrogen and oxygen atoms in total. The number of anilines is 3. The lowest BCUT2D eigenvalue weighted by molar-refractivity contribution is 0.102. The first kappa shape index (κ1) is 23.9. The molecule has 0 unspecified atom stereocenters. The van der Waals surface area contributed by atoms with Crippen LogP contribution in [0.5, 0.6) is 0 Å². The van der Waals surface area contributed by atoms with Gasteiger partial charge in [-0.25, -0.2) is 24.3 Å². The summed E-state index contributed by atoms with van der Waals surface area (Å²) in [5.41, 5.74) is 5.55. The van der Waals surface area contributed by atoms with Crippen molar-refractivity contribution in [3.05, 3.63) is 109 Å². The van der Waals surface area contributed by atoms with Gasteiger partial charge in [-0.3, -0.25) is 9.78 Å². The number of carbonyl (C=O) groups excluding carboxylic acids is 1. The molecule has 0 radical (unpaired) electrons. The van der Waals surface area contributed by atoms with Crippen molar-refractivity contribution in [2.75, 3.05) is 10.6 Å². The third kappa shape index (κ3) is 4.78. The van der Waals surface area contributed by atoms with Crippen LogP contribution in [-0.4, -0.2) is 35.8 Å². The summed E-state index contributed by atoms with van der Waals surface area (Å²) >= 11 is 0. The fourth-order valence-electron chi connectivity index (χ4n) is 4.28. The fourth-order valence-corrected chi connectivity index (χ4v) is 4.28. The molecule has 2 aromatic carbocycles. The number of aromatic nitrogens is 6. The van der Waals surface area contributed by atoms with Gasteiger partial charge in [-0.05, 0) is 55.5 Å². The van der Waals surface area contributed by atoms with Crippen LogP contribution in [0.15, 0.2) is 91.6 Å². The lowest BCUT2D eigenvalue weighted by atomic mass is 10.0. The molecule has 0 aliphatic carbocycles. The first-order valence-corrected chi connectivity index (χ1v) is 12.1. The number of hydrogen-bond acceptors (Lipinski definition) is 7. The van der Waals surface area contributed by atoms with Crippen molar-refractivity contribution in [1.29, 1.82) is 0 Å². The number of nitrogens with one attached hydrogen (secondary N) is 3. The first-order chi connectivity index (χ1) is 19.1. The number of amides is 1. The number of fused-ring (bicyclic) bond motifs is 1. The van der Waals surface area contributed by atoms with Gasteiger partial charge in [0, 0.05) is 34.3 Å². The maximum absolute atomic E-state index is 14.8. The normalized spacial score (nSPS) is 10.9. The number of hydrogen-bond donors (Lipinski definition) is 3. The molecule has 6 aromatic rings. The van der Waals surface area contributed by atoms with Gasteiger partial charge in [0.25, 0.3) is 5.91 Å². The number of aryl methyl sites for hydroxylation is 1. The van der Waals surface area contributed by atoms with Crippen molar-refractivity contribution >= 4 is 34.3 Å². The number of imidazole rings is 1. The molecule has 0 fully saturated rings. The summed E-state index contributed by atoms with van der Waals surface area (Å²) in [6.07, 6.45) is 4.63. The van der Waals surface area contributed by atoms with E-state index in [0.29, 0.717) is 50.7 Å². The molecule has 3 N–H and O–H groups in total. The molecule has 0 atom stereocenters. The van der Waals surface area contributed by atoms with Gasteiger partial charge in [-0.1, -0.05) is 24.3 Å². The Labute approximate surface area is 222 Å². The molecule has 0 saturated heterocycles. The van der Waals surface area contributed by atoms with E-state index >= 15 is 0 Å². The summed E-state index contributed by atoms with van der Waals surface area (Å²) in [4.78, 5) is 38.2. The Hall–Kier alpha value is -5.51. The van der Waals surface area contributed by atoms with Crippen molar-refractivity contribution in [1.82, 2.24) is 29.9 Å². The number of benzene rings is 2. The quantitative estimate of drug-likeness (QED) is 0.251. The van der Waals surface area contributed by atoms with Crippen molar-refractivity contribution < 1.29 is 9.18 Å². The van der Waals surface area contributed by atoms with Crippen LogP contribution in [0.2, 0.25) is 0 Å². The molecule has 4 aromatic heterocycles. The van der Waals surface area contributed by atoms with Crippen LogP contribution in [0.3, 0.4) is 0 Å². The molecule has 4 heterocycles. The number of rotatable bonds is 6. The molecule has 0 spiro atoms. The molecule has 39 heavy (non-hydrogen) atoms. The van der Waals surface area contributed by atoms with E-state index in [1.54, 1.807) is 36.8 Å². The minimum Gasteiger partial charge on any atom is -0.340 e. The molecular formula is C29H21FN8O. The highest BCUT2D eigenvalue weighted by Gasteiger charge is 2.17. The monoisotopic (exact) mass is 516 g/mol. The van der Waals surface area contributed by atoms with E-state index in [1.165, 1.54) is 18.5 Å². The standard InChI is InChI=1S/C29H21FN8O/c1-17-6-4-10-23(36-17)19-7-2-3-8-20(19)29(39)38-24-14-18(11-12-22(24)30)37-27-21(9-5-13-31-27)25-26-28(34-15-32-25)35-16-33-26/h2-16H,1H3,(H,31,37)(H,38,39)(H,32,33,34,35). The zero-order valence-electron chi connectivity index (χ0n) is 20.7. The first-order valence-electron chi connectivity index (χ1n) is 12.1. The Morgan fingerprint density at radius 2 is 1.77 bits per heavy atom. The molecular weight excluding hydrogens is 495 g/mol. The Morgan fingerprint density at radius 3 is 2.67 bits per heavy atom. The van der Waals surface area contributed by atoms with E-state index in [-0.39, 0.29) is 5.69 Å². The molecule has 0 aliphatic rings. The van der Waals surface area contributed by atoms with E-state index in [1.807, 2.05) is 43.3 Å². The van der Waals surface area contributed by atoms with Crippen molar-refractivity contribution in [3.8, 4) is 22.5 Å². The highest BCUT2D eigenvalue weighted by molar-refractivity contribution is 6.08. The number of halogens is 1. The van der Waals surface area contributed by atoms with Gasteiger partial charge >= 0.3 is 0 Å². The second kappa shape index (κ2) is 10.1. The van der Waals surface area contributed by atoms with E-state index < -0.39 is 11.7 Å². The second-order valence-corrected chi connectivity index (χ2v) is 8.71. The summed E-state index contributed by atoms with van der Waals surface area (Å²) in [7, 11) is 0. The third-order valence-corrected chi connectivity index (χ3v) is 6.09. The summed E-state index contributed by atoms with van der Waals surface area (Å²) in [6.45, 7) is 1.88. The van der Waals surface area contributed by atoms with Crippen molar-refractivity contribution in [2.45, 2.75) is 6.92 Å². The Morgan fingerprint density at radius 1 is 0.897 bits per heavy atom. The average molecular weight is 517 g/mol. The maximum atomic E-state index is 14.8. The summed E-state index contributed by atoms with van der Waals surface area (Å²) in [5, 5.41) is 5.92. The summed E-state index contributed by atoms with van der Waals surface area (Å²) < 4.78 is 14.8. The molecule has 6 rings (SSSR count). The number of nitrogens with zero attached hydrogens (tertiary/aromatic N) is 5. The molecule has 0 saturated carbocycles. The van der Waals surface area contributed by atoms with Crippen molar-refractivity contribution in [2.24, 2.45) is 0 Å². The summed E-state index contributed by atoms with van der Waals surface area (Å²) in [5.74, 6) is -0.541. The molecule has 190 valence electrons. The van der Waals surface area contributed by atoms with Crippen LogP contribution in [0.1, 0.15) is 16.1 Å². The van der Waals surface area contributed by atoms with Gasteiger partial charge in [-0.15, -0.1) is 0 Å². The Kier molecular flexibility index (Phi) is 6.18. The topological polar surface area (TPSA) is 121 Å². The predicted molar refractivity (Wildman–Crippen MR) is 147 cm³/mol. The van der Waals surface area contributed by atoms with Gasteiger partial charge in [0.05, 0.1) is 17.7 Å². The second-order valence-electron chi connectivity index (χ2n) is 8.71. The lowest BCUT2D eigenvalue weighted by Crippen LogP contribution is -2.14. The van der Waals surface area contributed by atoms with Gasteiger partial charge in [0.1, 0.15) is 29.2 Å². The smallest absolute Gasteiger partial charge is 0.256 e. The predicted octanol–water partition coefficient (Wildman–Crippen LogP) is 5.92. The lowest BCUT2D eigenvalue weighted by Gasteiger charge is -2.14. The van der Waals surface area contributed by atoms with Crippen LogP contribution in [0, 0.1) is 12.7 Å². The molecule has 0 aliphatic heterocycles. The van der Waals surface area contributed by atoms with E-state index in [0.717, 1.165) is 5.69 Å².